The summed E-state index contributed by atoms with van der Waals surface area (Å²) in [6.45, 7) is 0. The van der Waals surface area contributed by atoms with Crippen molar-refractivity contribution in [2.24, 2.45) is 0 Å². The molecule has 2 rings (SSSR count). The molecule has 0 aliphatic carbocycles. The van der Waals surface area contributed by atoms with Gasteiger partial charge in [-0.25, -0.2) is 13.2 Å². The van der Waals surface area contributed by atoms with E-state index in [1.807, 2.05) is 0 Å². The van der Waals surface area contributed by atoms with E-state index < -0.39 is 32.5 Å². The number of benzene rings is 2. The Morgan fingerprint density at radius 1 is 0.952 bits per heavy atom. The van der Waals surface area contributed by atoms with Crippen molar-refractivity contribution in [2.75, 3.05) is 0 Å². The van der Waals surface area contributed by atoms with Crippen LogP contribution in [0.4, 0.5) is 13.2 Å². The molecule has 112 valence electrons. The Balaban J connectivity index is 2.49. The van der Waals surface area contributed by atoms with Gasteiger partial charge < -0.3 is 4.18 Å². The molecular formula is C12H5Cl2F3O3S. The molecule has 0 aromatic heterocycles. The minimum atomic E-state index is -4.75. The van der Waals surface area contributed by atoms with Crippen LogP contribution in [0.2, 0.25) is 10.0 Å². The Morgan fingerprint density at radius 2 is 1.62 bits per heavy atom. The summed E-state index contributed by atoms with van der Waals surface area (Å²) in [6.07, 6.45) is 0. The van der Waals surface area contributed by atoms with Gasteiger partial charge in [0.1, 0.15) is 9.92 Å². The van der Waals surface area contributed by atoms with Crippen LogP contribution < -0.4 is 4.18 Å². The Labute approximate surface area is 128 Å². The van der Waals surface area contributed by atoms with Crippen molar-refractivity contribution in [3.63, 3.8) is 0 Å². The molecule has 0 spiro atoms. The summed E-state index contributed by atoms with van der Waals surface area (Å²) in [7, 11) is -4.75. The van der Waals surface area contributed by atoms with Crippen LogP contribution in [0.15, 0.2) is 35.2 Å². The first-order chi connectivity index (χ1) is 9.74. The van der Waals surface area contributed by atoms with E-state index >= 15 is 0 Å². The van der Waals surface area contributed by atoms with Gasteiger partial charge in [-0.05, 0) is 24.3 Å². The minimum absolute atomic E-state index is 0.00938. The summed E-state index contributed by atoms with van der Waals surface area (Å²) in [5.41, 5.74) is 0. The van der Waals surface area contributed by atoms with Crippen LogP contribution in [0.1, 0.15) is 0 Å². The molecule has 2 aromatic carbocycles. The summed E-state index contributed by atoms with van der Waals surface area (Å²) in [6, 6.07) is 4.90. The quantitative estimate of drug-likeness (QED) is 0.612. The summed E-state index contributed by atoms with van der Waals surface area (Å²) >= 11 is 11.4. The van der Waals surface area contributed by atoms with Crippen molar-refractivity contribution in [2.45, 2.75) is 4.90 Å². The normalized spacial score (nSPS) is 11.5. The van der Waals surface area contributed by atoms with Crippen LogP contribution in [0.25, 0.3) is 0 Å². The maximum absolute atomic E-state index is 13.5. The molecule has 0 saturated heterocycles. The molecular weight excluding hydrogens is 352 g/mol. The molecule has 21 heavy (non-hydrogen) atoms. The molecule has 0 unspecified atom stereocenters. The van der Waals surface area contributed by atoms with E-state index in [-0.39, 0.29) is 15.8 Å². The van der Waals surface area contributed by atoms with Crippen LogP contribution in [0.5, 0.6) is 5.75 Å². The van der Waals surface area contributed by atoms with E-state index in [2.05, 4.69) is 4.18 Å². The van der Waals surface area contributed by atoms with Gasteiger partial charge in [-0.3, -0.25) is 0 Å². The first-order valence-electron chi connectivity index (χ1n) is 5.26. The fourth-order valence-electron chi connectivity index (χ4n) is 1.41. The number of hydrogen-bond acceptors (Lipinski definition) is 3. The Bertz CT molecular complexity index is 810. The van der Waals surface area contributed by atoms with Crippen LogP contribution in [-0.2, 0) is 10.1 Å². The van der Waals surface area contributed by atoms with Crippen molar-refractivity contribution in [3.05, 3.63) is 57.8 Å². The molecule has 3 nitrogen and oxygen atoms in total. The maximum atomic E-state index is 13.5. The average molecular weight is 357 g/mol. The van der Waals surface area contributed by atoms with Gasteiger partial charge in [-0.1, -0.05) is 29.3 Å². The van der Waals surface area contributed by atoms with Gasteiger partial charge in [0.15, 0.2) is 23.2 Å². The van der Waals surface area contributed by atoms with E-state index in [0.29, 0.717) is 12.1 Å². The van der Waals surface area contributed by atoms with Crippen LogP contribution in [-0.4, -0.2) is 8.42 Å². The van der Waals surface area contributed by atoms with Crippen molar-refractivity contribution in [1.29, 1.82) is 0 Å². The maximum Gasteiger partial charge on any atom is 0.342 e. The molecule has 0 radical (unpaired) electrons. The van der Waals surface area contributed by atoms with E-state index in [1.165, 1.54) is 18.2 Å². The molecule has 2 aromatic rings. The molecule has 0 amide bonds. The van der Waals surface area contributed by atoms with E-state index in [0.717, 1.165) is 0 Å². The fraction of sp³-hybridized carbons (Fsp3) is 0. The zero-order valence-corrected chi connectivity index (χ0v) is 12.2. The zero-order valence-electron chi connectivity index (χ0n) is 9.91. The highest BCUT2D eigenvalue weighted by molar-refractivity contribution is 7.87. The lowest BCUT2D eigenvalue weighted by Crippen LogP contribution is -2.13. The van der Waals surface area contributed by atoms with Crippen LogP contribution in [0, 0.1) is 17.5 Å². The molecule has 0 fully saturated rings. The number of rotatable bonds is 3. The molecule has 0 saturated carbocycles. The molecule has 0 aliphatic rings. The van der Waals surface area contributed by atoms with Gasteiger partial charge in [0.25, 0.3) is 0 Å². The summed E-state index contributed by atoms with van der Waals surface area (Å²) in [5.74, 6) is -5.69. The first kappa shape index (κ1) is 15.9. The molecule has 0 N–H and O–H groups in total. The van der Waals surface area contributed by atoms with Gasteiger partial charge in [-0.15, -0.1) is 0 Å². The lowest BCUT2D eigenvalue weighted by molar-refractivity contribution is 0.423. The molecule has 0 heterocycles. The lowest BCUT2D eigenvalue weighted by atomic mass is 10.3. The standard InChI is InChI=1S/C12H5Cl2F3O3S/c13-6-2-1-3-8(10(6)14)20-21(18,19)9-5-4-7(15)11(16)12(9)17/h1-5H. The van der Waals surface area contributed by atoms with E-state index in [1.54, 1.807) is 0 Å². The summed E-state index contributed by atoms with van der Waals surface area (Å²) in [5, 5.41) is -0.208. The van der Waals surface area contributed by atoms with Gasteiger partial charge in [0.2, 0.25) is 0 Å². The molecule has 0 bridgehead atoms. The predicted octanol–water partition coefficient (Wildman–Crippen LogP) is 4.18. The Kier molecular flexibility index (Phi) is 4.36. The highest BCUT2D eigenvalue weighted by Gasteiger charge is 2.26. The lowest BCUT2D eigenvalue weighted by Gasteiger charge is -2.10. The van der Waals surface area contributed by atoms with Crippen LogP contribution >= 0.6 is 23.2 Å². The SMILES string of the molecule is O=S(=O)(Oc1cccc(Cl)c1Cl)c1ccc(F)c(F)c1F. The second-order valence-electron chi connectivity index (χ2n) is 3.76. The Morgan fingerprint density at radius 3 is 2.29 bits per heavy atom. The smallest absolute Gasteiger partial charge is 0.342 e. The van der Waals surface area contributed by atoms with Crippen LogP contribution in [0.3, 0.4) is 0 Å². The van der Waals surface area contributed by atoms with Crippen molar-refractivity contribution < 1.29 is 25.8 Å². The number of halogens is 5. The second kappa shape index (κ2) is 5.75. The van der Waals surface area contributed by atoms with Crippen molar-refractivity contribution in [3.8, 4) is 5.75 Å². The average Bonchev–Trinajstić information content (AvgIpc) is 2.41. The van der Waals surface area contributed by atoms with Gasteiger partial charge in [0, 0.05) is 0 Å². The third kappa shape index (κ3) is 3.09. The molecule has 0 aliphatic heterocycles. The zero-order chi connectivity index (χ0) is 15.8. The minimum Gasteiger partial charge on any atom is -0.377 e. The highest BCUT2D eigenvalue weighted by atomic mass is 35.5. The largest absolute Gasteiger partial charge is 0.377 e. The summed E-state index contributed by atoms with van der Waals surface area (Å²) < 4.78 is 67.8. The fourth-order valence-corrected chi connectivity index (χ4v) is 2.80. The first-order valence-corrected chi connectivity index (χ1v) is 7.42. The van der Waals surface area contributed by atoms with E-state index in [9.17, 15) is 21.6 Å². The van der Waals surface area contributed by atoms with Crippen molar-refractivity contribution >= 4 is 33.3 Å². The monoisotopic (exact) mass is 356 g/mol. The third-order valence-corrected chi connectivity index (χ3v) is 4.44. The van der Waals surface area contributed by atoms with Gasteiger partial charge in [0.05, 0.1) is 5.02 Å². The topological polar surface area (TPSA) is 43.4 Å². The van der Waals surface area contributed by atoms with Crippen molar-refractivity contribution in [1.82, 2.24) is 0 Å². The van der Waals surface area contributed by atoms with Gasteiger partial charge in [-0.2, -0.15) is 8.42 Å². The second-order valence-corrected chi connectivity index (χ2v) is 6.06. The van der Waals surface area contributed by atoms with Gasteiger partial charge >= 0.3 is 10.1 Å². The predicted molar refractivity (Wildman–Crippen MR) is 70.6 cm³/mol. The molecule has 0 atom stereocenters. The van der Waals surface area contributed by atoms with E-state index in [4.69, 9.17) is 23.2 Å². The number of hydrogen-bond donors (Lipinski definition) is 0. The summed E-state index contributed by atoms with van der Waals surface area (Å²) in [4.78, 5) is -1.16. The third-order valence-electron chi connectivity index (χ3n) is 2.38. The Hall–Kier alpha value is -1.44. The highest BCUT2D eigenvalue weighted by Crippen LogP contribution is 2.33. The molecule has 9 heteroatoms.